The summed E-state index contributed by atoms with van der Waals surface area (Å²) < 4.78 is 1.00. The first-order chi connectivity index (χ1) is 11.6. The van der Waals surface area contributed by atoms with Gasteiger partial charge >= 0.3 is 0 Å². The van der Waals surface area contributed by atoms with Crippen molar-refractivity contribution in [3.05, 3.63) is 34.4 Å². The summed E-state index contributed by atoms with van der Waals surface area (Å²) >= 11 is 3.55. The summed E-state index contributed by atoms with van der Waals surface area (Å²) in [5.41, 5.74) is 8.65. The zero-order chi connectivity index (χ0) is 16.7. The van der Waals surface area contributed by atoms with E-state index in [9.17, 15) is 4.79 Å². The van der Waals surface area contributed by atoms with Crippen LogP contribution in [-0.4, -0.2) is 22.9 Å². The van der Waals surface area contributed by atoms with Gasteiger partial charge in [0.1, 0.15) is 0 Å². The van der Waals surface area contributed by atoms with E-state index in [0.29, 0.717) is 12.1 Å². The Bertz CT molecular complexity index is 780. The minimum absolute atomic E-state index is 0.191. The van der Waals surface area contributed by atoms with E-state index >= 15 is 0 Å². The van der Waals surface area contributed by atoms with E-state index in [2.05, 4.69) is 32.3 Å². The number of halogens is 1. The third-order valence-electron chi connectivity index (χ3n) is 5.16. The number of Topliss-reactive ketones (excluding diaryl/α,β-unsaturated/α-hetero) is 1. The molecule has 4 rings (SSSR count). The summed E-state index contributed by atoms with van der Waals surface area (Å²) in [6, 6.07) is 6.73. The quantitative estimate of drug-likeness (QED) is 0.768. The predicted octanol–water partition coefficient (Wildman–Crippen LogP) is 4.27. The van der Waals surface area contributed by atoms with Gasteiger partial charge in [-0.25, -0.2) is 0 Å². The van der Waals surface area contributed by atoms with Crippen molar-refractivity contribution < 1.29 is 4.79 Å². The summed E-state index contributed by atoms with van der Waals surface area (Å²) in [7, 11) is 0. The lowest BCUT2D eigenvalue weighted by atomic mass is 9.91. The Labute approximate surface area is 150 Å². The number of nitrogens with zero attached hydrogens (tertiary/aromatic N) is 1. The van der Waals surface area contributed by atoms with Gasteiger partial charge in [0, 0.05) is 34.1 Å². The monoisotopic (exact) mass is 387 g/mol. The molecule has 1 aromatic carbocycles. The highest BCUT2D eigenvalue weighted by atomic mass is 79.9. The van der Waals surface area contributed by atoms with E-state index in [1.54, 1.807) is 6.20 Å². The molecule has 0 spiro atoms. The van der Waals surface area contributed by atoms with Gasteiger partial charge in [-0.15, -0.1) is 0 Å². The number of pyridine rings is 1. The molecule has 0 unspecified atom stereocenters. The second kappa shape index (κ2) is 6.45. The van der Waals surface area contributed by atoms with Gasteiger partial charge in [0.05, 0.1) is 16.8 Å². The molecular formula is C19H22BrN3O. The van der Waals surface area contributed by atoms with Crippen LogP contribution >= 0.6 is 15.9 Å². The first-order valence-electron chi connectivity index (χ1n) is 8.76. The zero-order valence-electron chi connectivity index (χ0n) is 13.6. The lowest BCUT2D eigenvalue weighted by Crippen LogP contribution is -2.33. The van der Waals surface area contributed by atoms with Crippen LogP contribution in [0.4, 0.5) is 5.69 Å². The molecule has 0 bridgehead atoms. The second-order valence-electron chi connectivity index (χ2n) is 7.10. The number of aromatic nitrogens is 1. The average Bonchev–Trinajstić information content (AvgIpc) is 3.42. The molecule has 0 amide bonds. The Morgan fingerprint density at radius 3 is 2.62 bits per heavy atom. The van der Waals surface area contributed by atoms with Crippen molar-refractivity contribution in [3.63, 3.8) is 0 Å². The van der Waals surface area contributed by atoms with Crippen LogP contribution in [0.1, 0.15) is 48.9 Å². The van der Waals surface area contributed by atoms with Gasteiger partial charge in [-0.2, -0.15) is 0 Å². The number of carbonyl (C=O) groups is 1. The van der Waals surface area contributed by atoms with Crippen LogP contribution in [0.5, 0.6) is 0 Å². The van der Waals surface area contributed by atoms with E-state index in [1.165, 1.54) is 0 Å². The first-order valence-corrected chi connectivity index (χ1v) is 9.55. The molecule has 1 heterocycles. The Balaban J connectivity index is 1.75. The molecule has 2 aliphatic carbocycles. The summed E-state index contributed by atoms with van der Waals surface area (Å²) in [5, 5.41) is 4.69. The van der Waals surface area contributed by atoms with Crippen LogP contribution in [0, 0.1) is 5.92 Å². The SMILES string of the molecule is NC1CCC(Nc2c(C(=O)C3CC3)cnc3ccc(Br)cc23)CC1. The molecule has 3 N–H and O–H groups in total. The summed E-state index contributed by atoms with van der Waals surface area (Å²) in [5.74, 6) is 0.427. The van der Waals surface area contributed by atoms with Crippen LogP contribution in [0.2, 0.25) is 0 Å². The first kappa shape index (κ1) is 16.0. The standard InChI is InChI=1S/C19H22BrN3O/c20-12-3-8-17-15(9-12)18(23-14-6-4-13(21)5-7-14)16(10-22-17)19(24)11-1-2-11/h3,8-11,13-14H,1-2,4-7,21H2,(H,22,23). The molecule has 0 saturated heterocycles. The molecule has 0 radical (unpaired) electrons. The summed E-state index contributed by atoms with van der Waals surface area (Å²) in [4.78, 5) is 17.3. The second-order valence-corrected chi connectivity index (χ2v) is 8.02. The van der Waals surface area contributed by atoms with E-state index in [0.717, 1.165) is 65.2 Å². The molecule has 2 aromatic rings. The third kappa shape index (κ3) is 3.20. The van der Waals surface area contributed by atoms with Crippen LogP contribution in [0.25, 0.3) is 10.9 Å². The number of ketones is 1. The number of benzene rings is 1. The molecule has 5 heteroatoms. The van der Waals surface area contributed by atoms with Crippen molar-refractivity contribution in [1.82, 2.24) is 4.98 Å². The van der Waals surface area contributed by atoms with Gasteiger partial charge < -0.3 is 11.1 Å². The molecule has 4 nitrogen and oxygen atoms in total. The number of hydrogen-bond acceptors (Lipinski definition) is 4. The number of rotatable bonds is 4. The van der Waals surface area contributed by atoms with Gasteiger partial charge in [0.2, 0.25) is 0 Å². The van der Waals surface area contributed by atoms with Gasteiger partial charge in [0.25, 0.3) is 0 Å². The zero-order valence-corrected chi connectivity index (χ0v) is 15.2. The highest BCUT2D eigenvalue weighted by Crippen LogP contribution is 2.38. The van der Waals surface area contributed by atoms with Crippen LogP contribution in [0.3, 0.4) is 0 Å². The van der Waals surface area contributed by atoms with Crippen molar-refractivity contribution >= 4 is 38.3 Å². The van der Waals surface area contributed by atoms with Gasteiger partial charge in [-0.05, 0) is 56.7 Å². The maximum absolute atomic E-state index is 12.7. The van der Waals surface area contributed by atoms with Crippen LogP contribution in [-0.2, 0) is 0 Å². The molecule has 2 saturated carbocycles. The Morgan fingerprint density at radius 2 is 1.92 bits per heavy atom. The number of anilines is 1. The maximum Gasteiger partial charge on any atom is 0.169 e. The topological polar surface area (TPSA) is 68.0 Å². The number of fused-ring (bicyclic) bond motifs is 1. The molecule has 0 aliphatic heterocycles. The molecular weight excluding hydrogens is 366 g/mol. The Kier molecular flexibility index (Phi) is 4.31. The fourth-order valence-corrected chi connectivity index (χ4v) is 3.90. The lowest BCUT2D eigenvalue weighted by molar-refractivity contribution is 0.0968. The van der Waals surface area contributed by atoms with Crippen molar-refractivity contribution in [2.45, 2.75) is 50.6 Å². The fraction of sp³-hybridized carbons (Fsp3) is 0.474. The molecule has 0 atom stereocenters. The maximum atomic E-state index is 12.7. The number of carbonyl (C=O) groups excluding carboxylic acids is 1. The van der Waals surface area contributed by atoms with Crippen molar-refractivity contribution in [2.24, 2.45) is 11.7 Å². The highest BCUT2D eigenvalue weighted by molar-refractivity contribution is 9.10. The number of hydrogen-bond donors (Lipinski definition) is 2. The molecule has 1 aromatic heterocycles. The largest absolute Gasteiger partial charge is 0.381 e. The predicted molar refractivity (Wildman–Crippen MR) is 100 cm³/mol. The average molecular weight is 388 g/mol. The minimum atomic E-state index is 0.191. The van der Waals surface area contributed by atoms with E-state index in [1.807, 2.05) is 12.1 Å². The van der Waals surface area contributed by atoms with Crippen LogP contribution in [0.15, 0.2) is 28.9 Å². The molecule has 2 fully saturated rings. The molecule has 24 heavy (non-hydrogen) atoms. The van der Waals surface area contributed by atoms with Gasteiger partial charge in [-0.3, -0.25) is 9.78 Å². The van der Waals surface area contributed by atoms with E-state index in [4.69, 9.17) is 5.73 Å². The normalized spacial score (nSPS) is 24.1. The summed E-state index contributed by atoms with van der Waals surface area (Å²) in [6.45, 7) is 0. The van der Waals surface area contributed by atoms with Crippen molar-refractivity contribution in [2.75, 3.05) is 5.32 Å². The van der Waals surface area contributed by atoms with Gasteiger partial charge in [0.15, 0.2) is 5.78 Å². The third-order valence-corrected chi connectivity index (χ3v) is 5.66. The number of nitrogens with two attached hydrogens (primary N) is 1. The lowest BCUT2D eigenvalue weighted by Gasteiger charge is -2.29. The van der Waals surface area contributed by atoms with E-state index in [-0.39, 0.29) is 11.7 Å². The minimum Gasteiger partial charge on any atom is -0.381 e. The highest BCUT2D eigenvalue weighted by Gasteiger charge is 2.33. The van der Waals surface area contributed by atoms with Crippen molar-refractivity contribution in [3.8, 4) is 0 Å². The molecule has 126 valence electrons. The summed E-state index contributed by atoms with van der Waals surface area (Å²) in [6.07, 6.45) is 7.95. The fourth-order valence-electron chi connectivity index (χ4n) is 3.54. The van der Waals surface area contributed by atoms with Crippen LogP contribution < -0.4 is 11.1 Å². The number of nitrogens with one attached hydrogen (secondary N) is 1. The smallest absolute Gasteiger partial charge is 0.169 e. The Hall–Kier alpha value is -1.46. The van der Waals surface area contributed by atoms with Crippen molar-refractivity contribution in [1.29, 1.82) is 0 Å². The van der Waals surface area contributed by atoms with E-state index < -0.39 is 0 Å². The molecule has 2 aliphatic rings. The van der Waals surface area contributed by atoms with Gasteiger partial charge in [-0.1, -0.05) is 15.9 Å². The Morgan fingerprint density at radius 1 is 1.17 bits per heavy atom.